The van der Waals surface area contributed by atoms with E-state index in [1.165, 1.54) is 12.8 Å². The van der Waals surface area contributed by atoms with Crippen molar-refractivity contribution in [3.8, 4) is 0 Å². The van der Waals surface area contributed by atoms with Crippen LogP contribution < -0.4 is 10.6 Å². The molecule has 0 aromatic heterocycles. The number of amides is 2. The fraction of sp³-hybridized carbons (Fsp3) is 0.947. The lowest BCUT2D eigenvalue weighted by molar-refractivity contribution is -0.108. The molecule has 0 radical (unpaired) electrons. The summed E-state index contributed by atoms with van der Waals surface area (Å²) >= 11 is 0. The number of ether oxygens (including phenoxy) is 1. The summed E-state index contributed by atoms with van der Waals surface area (Å²) in [5.41, 5.74) is 0.630. The van der Waals surface area contributed by atoms with Crippen LogP contribution in [0, 0.1) is 28.1 Å². The smallest absolute Gasteiger partial charge is 0.315 e. The van der Waals surface area contributed by atoms with Gasteiger partial charge >= 0.3 is 6.03 Å². The average molecular weight is 320 g/mol. The van der Waals surface area contributed by atoms with Gasteiger partial charge in [0, 0.05) is 30.0 Å². The highest BCUT2D eigenvalue weighted by Gasteiger charge is 2.62. The Hall–Kier alpha value is -0.770. The maximum absolute atomic E-state index is 12.6. The number of carbonyl (C=O) groups is 1. The van der Waals surface area contributed by atoms with E-state index in [0.29, 0.717) is 23.5 Å². The van der Waals surface area contributed by atoms with E-state index >= 15 is 0 Å². The molecule has 4 rings (SSSR count). The third kappa shape index (κ3) is 1.90. The zero-order chi connectivity index (χ0) is 16.6. The van der Waals surface area contributed by atoms with Gasteiger partial charge in [-0.2, -0.15) is 0 Å². The molecule has 0 spiro atoms. The van der Waals surface area contributed by atoms with Crippen LogP contribution in [0.5, 0.6) is 0 Å². The van der Waals surface area contributed by atoms with Crippen molar-refractivity contribution in [1.29, 1.82) is 0 Å². The Labute approximate surface area is 140 Å². The molecule has 130 valence electrons. The standard InChI is InChI=1S/C19H32N2O2/c1-17(2)14(12-7-9-23-15(12)17)21-16(22)20-13-10-11-6-8-19(13,5)18(11,3)4/h11-15H,6-10H2,1-5H3,(H2,20,21,22)/t11-,12+,13-,14-,15+,19-/m1/s1. The fourth-order valence-electron chi connectivity index (χ4n) is 6.38. The Morgan fingerprint density at radius 3 is 2.43 bits per heavy atom. The van der Waals surface area contributed by atoms with Gasteiger partial charge in [0.25, 0.3) is 0 Å². The van der Waals surface area contributed by atoms with Gasteiger partial charge in [0.1, 0.15) is 0 Å². The van der Waals surface area contributed by atoms with Gasteiger partial charge < -0.3 is 15.4 Å². The molecule has 4 heteroatoms. The summed E-state index contributed by atoms with van der Waals surface area (Å²) in [6, 6.07) is 0.590. The van der Waals surface area contributed by atoms with E-state index in [0.717, 1.165) is 25.4 Å². The van der Waals surface area contributed by atoms with Crippen LogP contribution in [0.4, 0.5) is 4.79 Å². The quantitative estimate of drug-likeness (QED) is 0.820. The Morgan fingerprint density at radius 1 is 1.09 bits per heavy atom. The second-order valence-electron chi connectivity index (χ2n) is 9.82. The van der Waals surface area contributed by atoms with Gasteiger partial charge in [-0.1, -0.05) is 34.6 Å². The number of hydrogen-bond donors (Lipinski definition) is 2. The zero-order valence-electron chi connectivity index (χ0n) is 15.2. The number of hydrogen-bond acceptors (Lipinski definition) is 2. The van der Waals surface area contributed by atoms with E-state index in [1.807, 2.05) is 0 Å². The highest BCUT2D eigenvalue weighted by molar-refractivity contribution is 5.75. The largest absolute Gasteiger partial charge is 0.377 e. The Bertz CT molecular complexity index is 529. The predicted molar refractivity (Wildman–Crippen MR) is 90.1 cm³/mol. The second kappa shape index (κ2) is 4.65. The number of urea groups is 1. The van der Waals surface area contributed by atoms with Crippen LogP contribution in [-0.2, 0) is 4.74 Å². The van der Waals surface area contributed by atoms with Gasteiger partial charge in [-0.3, -0.25) is 0 Å². The average Bonchev–Trinajstić information content (AvgIpc) is 3.06. The molecule has 0 aromatic rings. The predicted octanol–water partition coefficient (Wildman–Crippen LogP) is 3.31. The van der Waals surface area contributed by atoms with Crippen LogP contribution in [0.15, 0.2) is 0 Å². The van der Waals surface area contributed by atoms with E-state index in [-0.39, 0.29) is 22.9 Å². The molecule has 2 amide bonds. The van der Waals surface area contributed by atoms with E-state index in [2.05, 4.69) is 45.3 Å². The molecule has 1 aliphatic heterocycles. The molecule has 23 heavy (non-hydrogen) atoms. The minimum absolute atomic E-state index is 0.0306. The van der Waals surface area contributed by atoms with Gasteiger partial charge in [-0.05, 0) is 42.4 Å². The van der Waals surface area contributed by atoms with Crippen molar-refractivity contribution in [3.63, 3.8) is 0 Å². The summed E-state index contributed by atoms with van der Waals surface area (Å²) in [5, 5.41) is 6.61. The molecule has 3 aliphatic carbocycles. The Balaban J connectivity index is 1.40. The van der Waals surface area contributed by atoms with Gasteiger partial charge in [0.2, 0.25) is 0 Å². The minimum atomic E-state index is 0.0306. The van der Waals surface area contributed by atoms with Gasteiger partial charge in [0.05, 0.1) is 6.10 Å². The summed E-state index contributed by atoms with van der Waals surface area (Å²) in [5.74, 6) is 1.26. The molecule has 2 bridgehead atoms. The monoisotopic (exact) mass is 320 g/mol. The summed E-state index contributed by atoms with van der Waals surface area (Å²) in [6.45, 7) is 12.4. The first-order valence-corrected chi connectivity index (χ1v) is 9.36. The van der Waals surface area contributed by atoms with Crippen LogP contribution in [0.25, 0.3) is 0 Å². The molecule has 3 saturated carbocycles. The third-order valence-electron chi connectivity index (χ3n) is 8.49. The van der Waals surface area contributed by atoms with Crippen molar-refractivity contribution in [2.75, 3.05) is 6.61 Å². The zero-order valence-corrected chi connectivity index (χ0v) is 15.2. The van der Waals surface area contributed by atoms with Crippen LogP contribution >= 0.6 is 0 Å². The molecule has 4 aliphatic rings. The summed E-state index contributed by atoms with van der Waals surface area (Å²) in [7, 11) is 0. The van der Waals surface area contributed by atoms with Crippen LogP contribution in [0.3, 0.4) is 0 Å². The van der Waals surface area contributed by atoms with Crippen molar-refractivity contribution < 1.29 is 9.53 Å². The second-order valence-corrected chi connectivity index (χ2v) is 9.82. The normalized spacial score (nSPS) is 48.7. The lowest BCUT2D eigenvalue weighted by Gasteiger charge is -2.54. The van der Waals surface area contributed by atoms with Crippen LogP contribution in [0.1, 0.15) is 60.3 Å². The summed E-state index contributed by atoms with van der Waals surface area (Å²) in [6.07, 6.45) is 5.10. The van der Waals surface area contributed by atoms with Crippen molar-refractivity contribution in [1.82, 2.24) is 10.6 Å². The van der Waals surface area contributed by atoms with Crippen molar-refractivity contribution in [3.05, 3.63) is 0 Å². The van der Waals surface area contributed by atoms with Gasteiger partial charge in [0.15, 0.2) is 0 Å². The van der Waals surface area contributed by atoms with Gasteiger partial charge in [-0.25, -0.2) is 4.79 Å². The van der Waals surface area contributed by atoms with E-state index in [9.17, 15) is 4.79 Å². The summed E-state index contributed by atoms with van der Waals surface area (Å²) in [4.78, 5) is 12.6. The molecular weight excluding hydrogens is 288 g/mol. The molecule has 1 saturated heterocycles. The third-order valence-corrected chi connectivity index (χ3v) is 8.49. The molecule has 6 atom stereocenters. The minimum Gasteiger partial charge on any atom is -0.377 e. The maximum Gasteiger partial charge on any atom is 0.315 e. The number of fused-ring (bicyclic) bond motifs is 3. The van der Waals surface area contributed by atoms with E-state index < -0.39 is 0 Å². The lowest BCUT2D eigenvalue weighted by atomic mass is 9.57. The molecule has 0 unspecified atom stereocenters. The first kappa shape index (κ1) is 15.7. The molecule has 4 fully saturated rings. The number of rotatable bonds is 2. The number of carbonyl (C=O) groups excluding carboxylic acids is 1. The van der Waals surface area contributed by atoms with Crippen LogP contribution in [-0.4, -0.2) is 30.8 Å². The molecule has 1 heterocycles. The van der Waals surface area contributed by atoms with Crippen molar-refractivity contribution in [2.45, 2.75) is 78.5 Å². The molecular formula is C19H32N2O2. The molecule has 2 N–H and O–H groups in total. The Morgan fingerprint density at radius 2 is 1.83 bits per heavy atom. The maximum atomic E-state index is 12.6. The van der Waals surface area contributed by atoms with Crippen LogP contribution in [0.2, 0.25) is 0 Å². The lowest BCUT2D eigenvalue weighted by Crippen LogP contribution is -2.68. The van der Waals surface area contributed by atoms with E-state index in [1.54, 1.807) is 0 Å². The topological polar surface area (TPSA) is 50.4 Å². The highest BCUT2D eigenvalue weighted by Crippen LogP contribution is 2.65. The fourth-order valence-corrected chi connectivity index (χ4v) is 6.38. The first-order chi connectivity index (χ1) is 10.7. The molecule has 4 nitrogen and oxygen atoms in total. The number of nitrogens with one attached hydrogen (secondary N) is 2. The SMILES string of the molecule is CC1(C)[C@H](NC(=O)N[C@@H]2C[C@H]3CC[C@@]2(C)C3(C)C)[C@@H]2CCO[C@@H]21. The van der Waals surface area contributed by atoms with Crippen molar-refractivity contribution in [2.24, 2.45) is 28.1 Å². The van der Waals surface area contributed by atoms with Crippen molar-refractivity contribution >= 4 is 6.03 Å². The first-order valence-electron chi connectivity index (χ1n) is 9.36. The summed E-state index contributed by atoms with van der Waals surface area (Å²) < 4.78 is 5.82. The van der Waals surface area contributed by atoms with Gasteiger partial charge in [-0.15, -0.1) is 0 Å². The molecule has 0 aromatic carbocycles. The Kier molecular flexibility index (Phi) is 3.18. The van der Waals surface area contributed by atoms with E-state index in [4.69, 9.17) is 4.74 Å². The highest BCUT2D eigenvalue weighted by atomic mass is 16.5.